The number of benzene rings is 1. The van der Waals surface area contributed by atoms with E-state index >= 15 is 0 Å². The molecule has 0 radical (unpaired) electrons. The molecule has 1 aliphatic carbocycles. The van der Waals surface area contributed by atoms with Crippen LogP contribution in [0, 0.1) is 5.92 Å². The van der Waals surface area contributed by atoms with E-state index in [0.29, 0.717) is 24.5 Å². The van der Waals surface area contributed by atoms with Crippen molar-refractivity contribution in [1.29, 1.82) is 0 Å². The molecule has 1 saturated heterocycles. The summed E-state index contributed by atoms with van der Waals surface area (Å²) in [7, 11) is -3.47. The Hall–Kier alpha value is -1.77. The number of thiazole rings is 1. The number of piperidine rings is 1. The van der Waals surface area contributed by atoms with Crippen LogP contribution in [0.3, 0.4) is 0 Å². The highest BCUT2D eigenvalue weighted by Gasteiger charge is 2.32. The highest BCUT2D eigenvalue weighted by Crippen LogP contribution is 2.32. The maximum absolute atomic E-state index is 12.9. The van der Waals surface area contributed by atoms with E-state index in [9.17, 15) is 13.2 Å². The maximum atomic E-state index is 12.9. The molecule has 1 N–H and O–H groups in total. The molecule has 6 nitrogen and oxygen atoms in total. The number of carbonyl (C=O) groups excluding carboxylic acids is 1. The number of hydrogen-bond donors (Lipinski definition) is 1. The number of amides is 1. The molecular weight excluding hydrogens is 394 g/mol. The van der Waals surface area contributed by atoms with Gasteiger partial charge in [-0.1, -0.05) is 24.6 Å². The molecule has 1 amide bonds. The number of rotatable bonds is 6. The number of carbonyl (C=O) groups is 1. The van der Waals surface area contributed by atoms with Crippen LogP contribution in [0.5, 0.6) is 0 Å². The molecule has 1 aromatic carbocycles. The fourth-order valence-electron chi connectivity index (χ4n) is 3.69. The van der Waals surface area contributed by atoms with E-state index in [1.807, 2.05) is 11.4 Å². The van der Waals surface area contributed by atoms with E-state index in [-0.39, 0.29) is 17.7 Å². The zero-order chi connectivity index (χ0) is 19.6. The minimum Gasteiger partial charge on any atom is -0.350 e. The average molecular weight is 420 g/mol. The third kappa shape index (κ3) is 4.14. The van der Waals surface area contributed by atoms with Crippen molar-refractivity contribution in [3.05, 3.63) is 46.4 Å². The van der Waals surface area contributed by atoms with Crippen LogP contribution in [0.4, 0.5) is 0 Å². The van der Waals surface area contributed by atoms with E-state index in [0.717, 1.165) is 42.8 Å². The van der Waals surface area contributed by atoms with Crippen molar-refractivity contribution in [2.75, 3.05) is 13.1 Å². The maximum Gasteiger partial charge on any atom is 0.243 e. The van der Waals surface area contributed by atoms with Crippen LogP contribution in [0.15, 0.2) is 40.6 Å². The van der Waals surface area contributed by atoms with Gasteiger partial charge in [0, 0.05) is 30.3 Å². The molecule has 2 heterocycles. The van der Waals surface area contributed by atoms with E-state index in [4.69, 9.17) is 0 Å². The summed E-state index contributed by atoms with van der Waals surface area (Å²) in [5.74, 6) is 0.403. The first kappa shape index (κ1) is 19.5. The zero-order valence-electron chi connectivity index (χ0n) is 15.7. The molecule has 0 bridgehead atoms. The summed E-state index contributed by atoms with van der Waals surface area (Å²) in [6, 6.07) is 8.61. The van der Waals surface area contributed by atoms with Gasteiger partial charge in [-0.05, 0) is 37.8 Å². The Balaban J connectivity index is 1.39. The summed E-state index contributed by atoms with van der Waals surface area (Å²) in [4.78, 5) is 17.0. The molecule has 2 aliphatic rings. The molecule has 1 aliphatic heterocycles. The van der Waals surface area contributed by atoms with Crippen molar-refractivity contribution in [2.45, 2.75) is 49.5 Å². The van der Waals surface area contributed by atoms with Crippen molar-refractivity contribution in [2.24, 2.45) is 5.92 Å². The fourth-order valence-corrected chi connectivity index (χ4v) is 6.18. The van der Waals surface area contributed by atoms with E-state index in [2.05, 4.69) is 10.3 Å². The summed E-state index contributed by atoms with van der Waals surface area (Å²) < 4.78 is 27.4. The van der Waals surface area contributed by atoms with Gasteiger partial charge < -0.3 is 5.32 Å². The van der Waals surface area contributed by atoms with Crippen molar-refractivity contribution < 1.29 is 13.2 Å². The van der Waals surface area contributed by atoms with Gasteiger partial charge in [0.25, 0.3) is 0 Å². The Morgan fingerprint density at radius 3 is 2.68 bits per heavy atom. The van der Waals surface area contributed by atoms with Crippen LogP contribution >= 0.6 is 11.3 Å². The van der Waals surface area contributed by atoms with Crippen LogP contribution in [0.25, 0.3) is 0 Å². The van der Waals surface area contributed by atoms with Crippen LogP contribution in [-0.2, 0) is 21.4 Å². The van der Waals surface area contributed by atoms with Gasteiger partial charge in [-0.2, -0.15) is 4.31 Å². The predicted octanol–water partition coefficient (Wildman–Crippen LogP) is 3.13. The van der Waals surface area contributed by atoms with Crippen molar-refractivity contribution in [3.8, 4) is 0 Å². The second-order valence-electron chi connectivity index (χ2n) is 7.54. The fraction of sp³-hybridized carbons (Fsp3) is 0.500. The van der Waals surface area contributed by atoms with Crippen LogP contribution in [-0.4, -0.2) is 36.7 Å². The second-order valence-corrected chi connectivity index (χ2v) is 10.4. The second kappa shape index (κ2) is 8.31. The Morgan fingerprint density at radius 1 is 1.18 bits per heavy atom. The number of aromatic nitrogens is 1. The molecule has 1 atom stereocenters. The van der Waals surface area contributed by atoms with Crippen LogP contribution in [0.1, 0.15) is 48.7 Å². The molecule has 150 valence electrons. The molecule has 2 aromatic rings. The lowest BCUT2D eigenvalue weighted by atomic mass is 9.85. The number of nitrogens with one attached hydrogen (secondary N) is 1. The molecule has 4 rings (SSSR count). The Morgan fingerprint density at radius 2 is 1.96 bits per heavy atom. The Bertz CT molecular complexity index is 923. The summed E-state index contributed by atoms with van der Waals surface area (Å²) in [6.07, 6.45) is 4.87. The highest BCUT2D eigenvalue weighted by molar-refractivity contribution is 7.89. The minimum absolute atomic E-state index is 0.105. The monoisotopic (exact) mass is 419 g/mol. The summed E-state index contributed by atoms with van der Waals surface area (Å²) in [5, 5.41) is 5.90. The summed E-state index contributed by atoms with van der Waals surface area (Å²) in [6.45, 7) is 1.45. The Labute approximate surface area is 170 Å². The van der Waals surface area contributed by atoms with Crippen molar-refractivity contribution >= 4 is 27.3 Å². The van der Waals surface area contributed by atoms with Gasteiger partial charge in [-0.15, -0.1) is 11.3 Å². The molecule has 0 spiro atoms. The number of sulfonamides is 1. The van der Waals surface area contributed by atoms with Gasteiger partial charge in [0.2, 0.25) is 15.9 Å². The molecule has 28 heavy (non-hydrogen) atoms. The SMILES string of the molecule is O=C(NCc1csc([C@H]2CCCN(S(=O)(=O)c3ccccc3)C2)n1)C1CCC1. The van der Waals surface area contributed by atoms with E-state index < -0.39 is 10.0 Å². The molecule has 1 saturated carbocycles. The molecule has 2 fully saturated rings. The zero-order valence-corrected chi connectivity index (χ0v) is 17.3. The molecule has 8 heteroatoms. The quantitative estimate of drug-likeness (QED) is 0.780. The lowest BCUT2D eigenvalue weighted by Gasteiger charge is -2.31. The smallest absolute Gasteiger partial charge is 0.243 e. The first-order chi connectivity index (χ1) is 13.5. The van der Waals surface area contributed by atoms with Crippen LogP contribution < -0.4 is 5.32 Å². The van der Waals surface area contributed by atoms with Gasteiger partial charge in [0.15, 0.2) is 0 Å². The van der Waals surface area contributed by atoms with Crippen LogP contribution in [0.2, 0.25) is 0 Å². The van der Waals surface area contributed by atoms with Gasteiger partial charge in [0.1, 0.15) is 0 Å². The lowest BCUT2D eigenvalue weighted by molar-refractivity contribution is -0.127. The molecule has 0 unspecified atom stereocenters. The summed E-state index contributed by atoms with van der Waals surface area (Å²) >= 11 is 1.56. The van der Waals surface area contributed by atoms with Crippen molar-refractivity contribution in [3.63, 3.8) is 0 Å². The van der Waals surface area contributed by atoms with Gasteiger partial charge in [-0.3, -0.25) is 4.79 Å². The van der Waals surface area contributed by atoms with Gasteiger partial charge >= 0.3 is 0 Å². The van der Waals surface area contributed by atoms with Gasteiger partial charge in [-0.25, -0.2) is 13.4 Å². The van der Waals surface area contributed by atoms with E-state index in [1.54, 1.807) is 39.9 Å². The Kier molecular flexibility index (Phi) is 5.80. The summed E-state index contributed by atoms with van der Waals surface area (Å²) in [5.41, 5.74) is 0.857. The lowest BCUT2D eigenvalue weighted by Crippen LogP contribution is -2.39. The standard InChI is InChI=1S/C20H25N3O3S2/c24-19(15-6-4-7-15)21-12-17-14-27-20(22-17)16-8-5-11-23(13-16)28(25,26)18-9-2-1-3-10-18/h1-3,9-10,14-16H,4-8,11-13H2,(H,21,24)/t16-/m0/s1. The topological polar surface area (TPSA) is 79.4 Å². The van der Waals surface area contributed by atoms with Gasteiger partial charge in [0.05, 0.1) is 22.1 Å². The molecular formula is C20H25N3O3S2. The first-order valence-corrected chi connectivity index (χ1v) is 12.1. The molecule has 1 aromatic heterocycles. The third-order valence-corrected chi connectivity index (χ3v) is 8.54. The van der Waals surface area contributed by atoms with Crippen molar-refractivity contribution in [1.82, 2.24) is 14.6 Å². The third-order valence-electron chi connectivity index (χ3n) is 5.60. The van der Waals surface area contributed by atoms with E-state index in [1.165, 1.54) is 0 Å². The normalized spacial score (nSPS) is 21.2. The number of nitrogens with zero attached hydrogens (tertiary/aromatic N) is 2. The average Bonchev–Trinajstić information content (AvgIpc) is 3.15. The predicted molar refractivity (Wildman–Crippen MR) is 108 cm³/mol. The minimum atomic E-state index is -3.47. The largest absolute Gasteiger partial charge is 0.350 e. The number of hydrogen-bond acceptors (Lipinski definition) is 5. The first-order valence-electron chi connectivity index (χ1n) is 9.81. The highest BCUT2D eigenvalue weighted by atomic mass is 32.2.